The van der Waals surface area contributed by atoms with E-state index < -0.39 is 0 Å². The van der Waals surface area contributed by atoms with Crippen LogP contribution in [0.2, 0.25) is 0 Å². The molecule has 0 unspecified atom stereocenters. The third kappa shape index (κ3) is 3.57. The first-order valence-electron chi connectivity index (χ1n) is 9.07. The molecule has 4 saturated carbocycles. The molecule has 4 aliphatic carbocycles. The molecular weight excluding hydrogens is 244 g/mol. The Morgan fingerprint density at radius 1 is 0.900 bits per heavy atom. The molecule has 20 heavy (non-hydrogen) atoms. The molecule has 4 bridgehead atoms. The molecule has 0 aliphatic heterocycles. The second-order valence-electron chi connectivity index (χ2n) is 8.55. The van der Waals surface area contributed by atoms with E-state index in [1.807, 2.05) is 0 Å². The molecule has 0 radical (unpaired) electrons. The van der Waals surface area contributed by atoms with E-state index in [-0.39, 0.29) is 0 Å². The SMILES string of the molecule is CC(C)CNCCCNCC12CC3CC(CC(C3)C1)C2. The Morgan fingerprint density at radius 3 is 2.00 bits per heavy atom. The second kappa shape index (κ2) is 6.36. The average Bonchev–Trinajstić information content (AvgIpc) is 2.35. The van der Waals surface area contributed by atoms with Crippen molar-refractivity contribution in [3.8, 4) is 0 Å². The molecular formula is C18H34N2. The van der Waals surface area contributed by atoms with Gasteiger partial charge in [-0.3, -0.25) is 0 Å². The molecule has 0 atom stereocenters. The molecule has 0 saturated heterocycles. The van der Waals surface area contributed by atoms with E-state index in [0.717, 1.165) is 30.2 Å². The molecule has 0 spiro atoms. The predicted molar refractivity (Wildman–Crippen MR) is 85.8 cm³/mol. The van der Waals surface area contributed by atoms with Crippen LogP contribution in [0.4, 0.5) is 0 Å². The zero-order valence-electron chi connectivity index (χ0n) is 13.6. The van der Waals surface area contributed by atoms with Crippen LogP contribution in [-0.4, -0.2) is 26.2 Å². The first-order valence-corrected chi connectivity index (χ1v) is 9.07. The van der Waals surface area contributed by atoms with Gasteiger partial charge in [0, 0.05) is 6.54 Å². The molecule has 4 aliphatic rings. The summed E-state index contributed by atoms with van der Waals surface area (Å²) in [5, 5.41) is 7.33. The van der Waals surface area contributed by atoms with Crippen molar-refractivity contribution in [1.82, 2.24) is 10.6 Å². The van der Waals surface area contributed by atoms with Crippen molar-refractivity contribution in [2.45, 2.75) is 58.8 Å². The van der Waals surface area contributed by atoms with Crippen LogP contribution in [0.5, 0.6) is 0 Å². The Balaban J connectivity index is 1.33. The summed E-state index contributed by atoms with van der Waals surface area (Å²) in [5.74, 6) is 4.05. The van der Waals surface area contributed by atoms with Crippen molar-refractivity contribution in [1.29, 1.82) is 0 Å². The van der Waals surface area contributed by atoms with Crippen LogP contribution in [-0.2, 0) is 0 Å². The van der Waals surface area contributed by atoms with Crippen molar-refractivity contribution < 1.29 is 0 Å². The summed E-state index contributed by atoms with van der Waals surface area (Å²) in [4.78, 5) is 0. The van der Waals surface area contributed by atoms with Gasteiger partial charge in [0.2, 0.25) is 0 Å². The largest absolute Gasteiger partial charge is 0.316 e. The van der Waals surface area contributed by atoms with Gasteiger partial charge in [-0.15, -0.1) is 0 Å². The summed E-state index contributed by atoms with van der Waals surface area (Å²) in [6.07, 6.45) is 10.6. The predicted octanol–water partition coefficient (Wildman–Crippen LogP) is 3.43. The monoisotopic (exact) mass is 278 g/mol. The highest BCUT2D eigenvalue weighted by Crippen LogP contribution is 2.59. The van der Waals surface area contributed by atoms with Crippen molar-refractivity contribution in [3.63, 3.8) is 0 Å². The lowest BCUT2D eigenvalue weighted by Gasteiger charge is -2.57. The van der Waals surface area contributed by atoms with Gasteiger partial charge in [0.15, 0.2) is 0 Å². The molecule has 0 aromatic heterocycles. The Labute approximate surface area is 125 Å². The van der Waals surface area contributed by atoms with E-state index in [1.165, 1.54) is 26.1 Å². The number of hydrogen-bond donors (Lipinski definition) is 2. The first kappa shape index (κ1) is 14.8. The van der Waals surface area contributed by atoms with Gasteiger partial charge in [-0.05, 0) is 93.7 Å². The van der Waals surface area contributed by atoms with Crippen molar-refractivity contribution >= 4 is 0 Å². The maximum absolute atomic E-state index is 3.79. The van der Waals surface area contributed by atoms with E-state index in [4.69, 9.17) is 0 Å². The van der Waals surface area contributed by atoms with Crippen LogP contribution in [0.15, 0.2) is 0 Å². The van der Waals surface area contributed by atoms with Crippen molar-refractivity contribution in [2.75, 3.05) is 26.2 Å². The third-order valence-electron chi connectivity index (χ3n) is 5.92. The highest BCUT2D eigenvalue weighted by Gasteiger charge is 2.50. The Bertz CT molecular complexity index is 275. The highest BCUT2D eigenvalue weighted by molar-refractivity contribution is 5.02. The third-order valence-corrected chi connectivity index (χ3v) is 5.92. The maximum Gasteiger partial charge on any atom is 0.000812 e. The average molecular weight is 278 g/mol. The molecule has 0 heterocycles. The topological polar surface area (TPSA) is 24.1 Å². The van der Waals surface area contributed by atoms with Crippen molar-refractivity contribution in [3.05, 3.63) is 0 Å². The lowest BCUT2D eigenvalue weighted by molar-refractivity contribution is -0.0511. The number of rotatable bonds is 8. The summed E-state index contributed by atoms with van der Waals surface area (Å²) in [6.45, 7) is 9.39. The minimum Gasteiger partial charge on any atom is -0.316 e. The van der Waals surface area contributed by atoms with Crippen LogP contribution in [0, 0.1) is 29.1 Å². The molecule has 116 valence electrons. The Kier molecular flexibility index (Phi) is 4.72. The smallest absolute Gasteiger partial charge is 0.000812 e. The minimum absolute atomic E-state index is 0.708. The zero-order valence-corrected chi connectivity index (χ0v) is 13.6. The summed E-state index contributed by atoms with van der Waals surface area (Å²) < 4.78 is 0. The molecule has 4 fully saturated rings. The van der Waals surface area contributed by atoms with Gasteiger partial charge in [-0.1, -0.05) is 13.8 Å². The van der Waals surface area contributed by atoms with E-state index >= 15 is 0 Å². The normalized spacial score (nSPS) is 38.9. The van der Waals surface area contributed by atoms with E-state index in [2.05, 4.69) is 24.5 Å². The zero-order chi connectivity index (χ0) is 14.0. The Morgan fingerprint density at radius 2 is 1.45 bits per heavy atom. The van der Waals surface area contributed by atoms with Gasteiger partial charge in [0.1, 0.15) is 0 Å². The van der Waals surface area contributed by atoms with E-state index in [9.17, 15) is 0 Å². The van der Waals surface area contributed by atoms with Gasteiger partial charge in [-0.2, -0.15) is 0 Å². The summed E-state index contributed by atoms with van der Waals surface area (Å²) in [5.41, 5.74) is 0.708. The fourth-order valence-corrected chi connectivity index (χ4v) is 5.59. The number of nitrogens with one attached hydrogen (secondary N) is 2. The molecule has 4 rings (SSSR count). The van der Waals surface area contributed by atoms with Crippen LogP contribution in [0.1, 0.15) is 58.8 Å². The van der Waals surface area contributed by atoms with Gasteiger partial charge < -0.3 is 10.6 Å². The molecule has 0 amide bonds. The fraction of sp³-hybridized carbons (Fsp3) is 1.00. The molecule has 2 nitrogen and oxygen atoms in total. The van der Waals surface area contributed by atoms with Crippen LogP contribution in [0.25, 0.3) is 0 Å². The molecule has 0 aromatic carbocycles. The van der Waals surface area contributed by atoms with Crippen LogP contribution < -0.4 is 10.6 Å². The van der Waals surface area contributed by atoms with Gasteiger partial charge in [0.05, 0.1) is 0 Å². The number of hydrogen-bond acceptors (Lipinski definition) is 2. The summed E-state index contributed by atoms with van der Waals surface area (Å²) in [6, 6.07) is 0. The highest BCUT2D eigenvalue weighted by atomic mass is 14.9. The van der Waals surface area contributed by atoms with E-state index in [1.54, 1.807) is 38.5 Å². The molecule has 2 heteroatoms. The Hall–Kier alpha value is -0.0800. The summed E-state index contributed by atoms with van der Waals surface area (Å²) >= 11 is 0. The fourth-order valence-electron chi connectivity index (χ4n) is 5.59. The van der Waals surface area contributed by atoms with Gasteiger partial charge in [0.25, 0.3) is 0 Å². The van der Waals surface area contributed by atoms with Crippen LogP contribution in [0.3, 0.4) is 0 Å². The minimum atomic E-state index is 0.708. The first-order chi connectivity index (χ1) is 9.65. The van der Waals surface area contributed by atoms with Crippen molar-refractivity contribution in [2.24, 2.45) is 29.1 Å². The van der Waals surface area contributed by atoms with E-state index in [0.29, 0.717) is 5.41 Å². The molecule has 2 N–H and O–H groups in total. The quantitative estimate of drug-likeness (QED) is 0.665. The lowest BCUT2D eigenvalue weighted by atomic mass is 9.49. The maximum atomic E-state index is 3.79. The van der Waals surface area contributed by atoms with Crippen LogP contribution >= 0.6 is 0 Å². The standard InChI is InChI=1S/C18H34N2/c1-14(2)12-19-4-3-5-20-13-18-9-15-6-16(10-18)8-17(7-15)11-18/h14-17,19-20H,3-13H2,1-2H3. The second-order valence-corrected chi connectivity index (χ2v) is 8.55. The summed E-state index contributed by atoms with van der Waals surface area (Å²) in [7, 11) is 0. The van der Waals surface area contributed by atoms with Gasteiger partial charge in [-0.25, -0.2) is 0 Å². The molecule has 0 aromatic rings. The van der Waals surface area contributed by atoms with Gasteiger partial charge >= 0.3 is 0 Å². The lowest BCUT2D eigenvalue weighted by Crippen LogP contribution is -2.50.